The third kappa shape index (κ3) is 3.59. The van der Waals surface area contributed by atoms with Gasteiger partial charge in [-0.05, 0) is 38.1 Å². The lowest BCUT2D eigenvalue weighted by Gasteiger charge is -2.18. The maximum Gasteiger partial charge on any atom is 0.262 e. The molecule has 5 rings (SSSR count). The van der Waals surface area contributed by atoms with Crippen LogP contribution in [-0.2, 0) is 17.0 Å². The van der Waals surface area contributed by atoms with Crippen LogP contribution in [0, 0.1) is 0 Å². The van der Waals surface area contributed by atoms with Gasteiger partial charge in [0, 0.05) is 13.7 Å². The Morgan fingerprint density at radius 3 is 2.50 bits per heavy atom. The second kappa shape index (κ2) is 9.03. The van der Waals surface area contributed by atoms with E-state index in [1.165, 1.54) is 11.8 Å². The minimum Gasteiger partial charge on any atom is -0.383 e. The van der Waals surface area contributed by atoms with Crippen molar-refractivity contribution in [3.63, 3.8) is 0 Å². The molecule has 0 N–H and O–H groups in total. The van der Waals surface area contributed by atoms with Crippen molar-refractivity contribution in [3.05, 3.63) is 75.1 Å². The number of nitrogens with zero attached hydrogens (tertiary/aromatic N) is 6. The van der Waals surface area contributed by atoms with Gasteiger partial charge in [-0.3, -0.25) is 23.1 Å². The molecule has 0 aliphatic rings. The summed E-state index contributed by atoms with van der Waals surface area (Å²) in [5.74, 6) is 1.59. The molecule has 2 aromatic carbocycles. The number of hydrogen-bond donors (Lipinski definition) is 0. The lowest BCUT2D eigenvalue weighted by molar-refractivity contribution is 0.156. The van der Waals surface area contributed by atoms with E-state index in [-0.39, 0.29) is 17.2 Å². The summed E-state index contributed by atoms with van der Waals surface area (Å²) < 4.78 is 10.5. The summed E-state index contributed by atoms with van der Waals surface area (Å²) in [4.78, 5) is 31.0. The summed E-state index contributed by atoms with van der Waals surface area (Å²) in [7, 11) is 1.61. The molecule has 0 radical (unpaired) electrons. The molecule has 0 fully saturated rings. The Labute approximate surface area is 199 Å². The van der Waals surface area contributed by atoms with E-state index in [2.05, 4.69) is 10.2 Å². The Balaban J connectivity index is 1.64. The Kier molecular flexibility index (Phi) is 5.93. The number of fused-ring (bicyclic) bond motifs is 4. The molecule has 0 aliphatic heterocycles. The molecule has 1 atom stereocenters. The van der Waals surface area contributed by atoms with Gasteiger partial charge in [-0.2, -0.15) is 0 Å². The van der Waals surface area contributed by atoms with Crippen molar-refractivity contribution in [2.45, 2.75) is 37.3 Å². The van der Waals surface area contributed by atoms with Crippen LogP contribution in [0.15, 0.2) is 63.3 Å². The first kappa shape index (κ1) is 22.3. The Morgan fingerprint density at radius 1 is 1.00 bits per heavy atom. The minimum atomic E-state index is -0.196. The molecular formula is C24H24N6O3S. The molecule has 34 heavy (non-hydrogen) atoms. The van der Waals surface area contributed by atoms with Gasteiger partial charge in [0.2, 0.25) is 5.78 Å². The Hall–Kier alpha value is -3.50. The summed E-state index contributed by atoms with van der Waals surface area (Å²) in [5, 5.41) is 10.5. The molecule has 3 heterocycles. The average Bonchev–Trinajstić information content (AvgIpc) is 3.27. The van der Waals surface area contributed by atoms with E-state index >= 15 is 0 Å². The normalized spacial score (nSPS) is 12.7. The molecule has 0 amide bonds. The van der Waals surface area contributed by atoms with E-state index < -0.39 is 0 Å². The van der Waals surface area contributed by atoms with Crippen molar-refractivity contribution < 1.29 is 4.74 Å². The van der Waals surface area contributed by atoms with Crippen molar-refractivity contribution in [3.8, 4) is 0 Å². The molecule has 1 unspecified atom stereocenters. The SMILES string of the molecule is CCn1c(=O)c2ccccc2n2c(CSc3nc4ccccc4c(=O)n3C(C)COC)nnc12. The highest BCUT2D eigenvalue weighted by Gasteiger charge is 2.19. The van der Waals surface area contributed by atoms with Crippen LogP contribution in [-0.4, -0.2) is 42.4 Å². The molecule has 0 bridgehead atoms. The van der Waals surface area contributed by atoms with E-state index in [0.29, 0.717) is 52.0 Å². The van der Waals surface area contributed by atoms with E-state index in [1.807, 2.05) is 60.7 Å². The number of aryl methyl sites for hydroxylation is 1. The number of benzene rings is 2. The first-order chi connectivity index (χ1) is 16.5. The zero-order valence-electron chi connectivity index (χ0n) is 19.1. The highest BCUT2D eigenvalue weighted by atomic mass is 32.2. The first-order valence-corrected chi connectivity index (χ1v) is 12.0. The van der Waals surface area contributed by atoms with Gasteiger partial charge in [0.25, 0.3) is 11.1 Å². The van der Waals surface area contributed by atoms with Crippen LogP contribution in [0.4, 0.5) is 0 Å². The van der Waals surface area contributed by atoms with Crippen LogP contribution in [0.3, 0.4) is 0 Å². The molecule has 3 aromatic heterocycles. The van der Waals surface area contributed by atoms with Crippen LogP contribution >= 0.6 is 11.8 Å². The summed E-state index contributed by atoms with van der Waals surface area (Å²) in [5.41, 5.74) is 1.21. The molecule has 0 aliphatic carbocycles. The molecule has 10 heteroatoms. The van der Waals surface area contributed by atoms with Crippen LogP contribution in [0.5, 0.6) is 0 Å². The smallest absolute Gasteiger partial charge is 0.262 e. The van der Waals surface area contributed by atoms with Gasteiger partial charge in [-0.1, -0.05) is 36.0 Å². The zero-order valence-corrected chi connectivity index (χ0v) is 20.0. The summed E-state index contributed by atoms with van der Waals surface area (Å²) in [6.45, 7) is 4.72. The van der Waals surface area contributed by atoms with Gasteiger partial charge in [0.1, 0.15) is 5.82 Å². The van der Waals surface area contributed by atoms with Crippen molar-refractivity contribution in [1.29, 1.82) is 0 Å². The summed E-state index contributed by atoms with van der Waals surface area (Å²) in [6.07, 6.45) is 0. The Bertz CT molecular complexity index is 1640. The number of methoxy groups -OCH3 is 1. The maximum atomic E-state index is 13.3. The van der Waals surface area contributed by atoms with Gasteiger partial charge in [0.15, 0.2) is 5.16 Å². The van der Waals surface area contributed by atoms with Crippen LogP contribution in [0.1, 0.15) is 25.7 Å². The number of rotatable bonds is 7. The molecule has 5 aromatic rings. The fraction of sp³-hybridized carbons (Fsp3) is 0.292. The number of aromatic nitrogens is 6. The number of para-hydroxylation sites is 2. The van der Waals surface area contributed by atoms with Crippen molar-refractivity contribution >= 4 is 39.3 Å². The highest BCUT2D eigenvalue weighted by Crippen LogP contribution is 2.25. The monoisotopic (exact) mass is 476 g/mol. The average molecular weight is 477 g/mol. The predicted molar refractivity (Wildman–Crippen MR) is 133 cm³/mol. The van der Waals surface area contributed by atoms with E-state index in [9.17, 15) is 9.59 Å². The third-order valence-electron chi connectivity index (χ3n) is 5.85. The first-order valence-electron chi connectivity index (χ1n) is 11.0. The van der Waals surface area contributed by atoms with Crippen LogP contribution in [0.25, 0.3) is 27.6 Å². The predicted octanol–water partition coefficient (Wildman–Crippen LogP) is 3.27. The zero-order chi connectivity index (χ0) is 23.8. The van der Waals surface area contributed by atoms with Gasteiger partial charge in [-0.15, -0.1) is 10.2 Å². The lowest BCUT2D eigenvalue weighted by Crippen LogP contribution is -2.28. The third-order valence-corrected chi connectivity index (χ3v) is 6.79. The fourth-order valence-electron chi connectivity index (χ4n) is 4.25. The minimum absolute atomic E-state index is 0.0874. The largest absolute Gasteiger partial charge is 0.383 e. The number of thioether (sulfide) groups is 1. The van der Waals surface area contributed by atoms with Crippen molar-refractivity contribution in [1.82, 2.24) is 28.7 Å². The van der Waals surface area contributed by atoms with Crippen molar-refractivity contribution in [2.75, 3.05) is 13.7 Å². The highest BCUT2D eigenvalue weighted by molar-refractivity contribution is 7.98. The summed E-state index contributed by atoms with van der Waals surface area (Å²) in [6, 6.07) is 14.6. The van der Waals surface area contributed by atoms with Crippen LogP contribution < -0.4 is 11.1 Å². The maximum absolute atomic E-state index is 13.3. The van der Waals surface area contributed by atoms with Gasteiger partial charge in [-0.25, -0.2) is 4.98 Å². The standard InChI is InChI=1S/C24H24N6O3S/c1-4-28-21(31)17-10-6-8-12-19(17)30-20(26-27-23(28)30)14-34-24-25-18-11-7-5-9-16(18)22(32)29(24)15(2)13-33-3/h5-12,15H,4,13-14H2,1-3H3. The van der Waals surface area contributed by atoms with Gasteiger partial charge < -0.3 is 4.74 Å². The topological polar surface area (TPSA) is 96.3 Å². The second-order valence-electron chi connectivity index (χ2n) is 8.00. The lowest BCUT2D eigenvalue weighted by atomic mass is 10.2. The van der Waals surface area contributed by atoms with E-state index in [0.717, 1.165) is 5.52 Å². The van der Waals surface area contributed by atoms with Gasteiger partial charge >= 0.3 is 0 Å². The summed E-state index contributed by atoms with van der Waals surface area (Å²) >= 11 is 1.41. The van der Waals surface area contributed by atoms with Crippen molar-refractivity contribution in [2.24, 2.45) is 0 Å². The van der Waals surface area contributed by atoms with Gasteiger partial charge in [0.05, 0.1) is 40.2 Å². The number of hydrogen-bond acceptors (Lipinski definition) is 7. The molecular weight excluding hydrogens is 452 g/mol. The van der Waals surface area contributed by atoms with E-state index in [1.54, 1.807) is 22.3 Å². The Morgan fingerprint density at radius 2 is 1.74 bits per heavy atom. The quantitative estimate of drug-likeness (QED) is 0.263. The van der Waals surface area contributed by atoms with E-state index in [4.69, 9.17) is 9.72 Å². The molecule has 174 valence electrons. The molecule has 9 nitrogen and oxygen atoms in total. The van der Waals surface area contributed by atoms with Crippen LogP contribution in [0.2, 0.25) is 0 Å². The number of ether oxygens (including phenoxy) is 1. The molecule has 0 saturated carbocycles. The fourth-order valence-corrected chi connectivity index (χ4v) is 5.26. The molecule has 0 spiro atoms. The molecule has 0 saturated heterocycles. The second-order valence-corrected chi connectivity index (χ2v) is 8.94.